The van der Waals surface area contributed by atoms with Crippen LogP contribution in [-0.4, -0.2) is 13.3 Å². The van der Waals surface area contributed by atoms with Crippen LogP contribution in [0.5, 0.6) is 0 Å². The van der Waals surface area contributed by atoms with Gasteiger partial charge in [0.05, 0.1) is 11.9 Å². The number of benzene rings is 3. The highest BCUT2D eigenvalue weighted by atomic mass is 15.4. The monoisotopic (exact) mass is 260 g/mol. The van der Waals surface area contributed by atoms with Gasteiger partial charge in [0.25, 0.3) is 0 Å². The summed E-state index contributed by atoms with van der Waals surface area (Å²) in [7, 11) is 1.95. The highest BCUT2D eigenvalue weighted by molar-refractivity contribution is 5.90. The van der Waals surface area contributed by atoms with Crippen molar-refractivity contribution in [2.45, 2.75) is 0 Å². The summed E-state index contributed by atoms with van der Waals surface area (Å²) in [5, 5.41) is 8.84. The van der Waals surface area contributed by atoms with Gasteiger partial charge in [-0.15, -0.1) is 0 Å². The van der Waals surface area contributed by atoms with Crippen molar-refractivity contribution in [2.24, 2.45) is 5.10 Å². The van der Waals surface area contributed by atoms with Crippen molar-refractivity contribution in [1.29, 1.82) is 0 Å². The molecule has 2 heteroatoms. The molecule has 0 aromatic heterocycles. The molecule has 98 valence electrons. The number of anilines is 1. The zero-order valence-corrected chi connectivity index (χ0v) is 11.4. The summed E-state index contributed by atoms with van der Waals surface area (Å²) in [5.41, 5.74) is 2.18. The fourth-order valence-corrected chi connectivity index (χ4v) is 2.15. The lowest BCUT2D eigenvalue weighted by Crippen LogP contribution is -2.08. The molecule has 0 heterocycles. The summed E-state index contributed by atoms with van der Waals surface area (Å²) in [6.45, 7) is 0. The number of hydrazone groups is 1. The minimum atomic E-state index is 1.07. The number of para-hydroxylation sites is 1. The van der Waals surface area contributed by atoms with Gasteiger partial charge in [0.15, 0.2) is 0 Å². The van der Waals surface area contributed by atoms with Crippen LogP contribution < -0.4 is 5.01 Å². The number of rotatable bonds is 3. The molecule has 0 aliphatic carbocycles. The van der Waals surface area contributed by atoms with Crippen molar-refractivity contribution < 1.29 is 0 Å². The van der Waals surface area contributed by atoms with Crippen molar-refractivity contribution in [2.75, 3.05) is 12.1 Å². The zero-order valence-electron chi connectivity index (χ0n) is 11.4. The molecule has 0 saturated heterocycles. The third-order valence-electron chi connectivity index (χ3n) is 3.28. The Morgan fingerprint density at radius 2 is 1.50 bits per heavy atom. The van der Waals surface area contributed by atoms with E-state index in [2.05, 4.69) is 47.6 Å². The first kappa shape index (κ1) is 12.4. The van der Waals surface area contributed by atoms with Crippen molar-refractivity contribution in [3.05, 3.63) is 78.4 Å². The molecule has 2 nitrogen and oxygen atoms in total. The van der Waals surface area contributed by atoms with Gasteiger partial charge in [0.2, 0.25) is 0 Å². The molecule has 0 bridgehead atoms. The molecule has 0 radical (unpaired) electrons. The molecule has 0 aliphatic rings. The first-order chi connectivity index (χ1) is 9.83. The van der Waals surface area contributed by atoms with Crippen molar-refractivity contribution >= 4 is 22.7 Å². The maximum absolute atomic E-state index is 4.48. The van der Waals surface area contributed by atoms with Crippen LogP contribution in [0, 0.1) is 0 Å². The SMILES string of the molecule is CN(/N=C\c1ccc2ccccc2c1)c1ccccc1. The summed E-state index contributed by atoms with van der Waals surface area (Å²) >= 11 is 0. The highest BCUT2D eigenvalue weighted by Gasteiger charge is 1.97. The average molecular weight is 260 g/mol. The van der Waals surface area contributed by atoms with Crippen LogP contribution in [0.3, 0.4) is 0 Å². The molecule has 3 rings (SSSR count). The Kier molecular flexibility index (Phi) is 3.46. The molecular formula is C18H16N2. The highest BCUT2D eigenvalue weighted by Crippen LogP contribution is 2.15. The Hall–Kier alpha value is -2.61. The largest absolute Gasteiger partial charge is 0.269 e. The van der Waals surface area contributed by atoms with Crippen LogP contribution >= 0.6 is 0 Å². The maximum Gasteiger partial charge on any atom is 0.0590 e. The van der Waals surface area contributed by atoms with Crippen LogP contribution in [0.1, 0.15) is 5.56 Å². The summed E-state index contributed by atoms with van der Waals surface area (Å²) in [5.74, 6) is 0. The van der Waals surface area contributed by atoms with Gasteiger partial charge in [-0.2, -0.15) is 5.10 Å². The van der Waals surface area contributed by atoms with Gasteiger partial charge in [0.1, 0.15) is 0 Å². The van der Waals surface area contributed by atoms with Crippen LogP contribution in [0.25, 0.3) is 10.8 Å². The molecule has 3 aromatic rings. The second kappa shape index (κ2) is 5.57. The van der Waals surface area contributed by atoms with Crippen molar-refractivity contribution in [3.8, 4) is 0 Å². The van der Waals surface area contributed by atoms with Crippen LogP contribution in [-0.2, 0) is 0 Å². The number of hydrogen-bond acceptors (Lipinski definition) is 2. The Morgan fingerprint density at radius 1 is 0.800 bits per heavy atom. The van der Waals surface area contributed by atoms with E-state index < -0.39 is 0 Å². The second-order valence-corrected chi connectivity index (χ2v) is 4.71. The molecule has 0 saturated carbocycles. The van der Waals surface area contributed by atoms with Gasteiger partial charge < -0.3 is 0 Å². The van der Waals surface area contributed by atoms with Gasteiger partial charge in [0, 0.05) is 7.05 Å². The van der Waals surface area contributed by atoms with Crippen LogP contribution in [0.15, 0.2) is 77.9 Å². The van der Waals surface area contributed by atoms with Gasteiger partial charge in [-0.25, -0.2) is 0 Å². The predicted molar refractivity (Wildman–Crippen MR) is 86.4 cm³/mol. The standard InChI is InChI=1S/C18H16N2/c1-20(18-9-3-2-4-10-18)19-14-15-11-12-16-7-5-6-8-17(16)13-15/h2-14H,1H3/b19-14-. The molecule has 0 N–H and O–H groups in total. The predicted octanol–water partition coefficient (Wildman–Crippen LogP) is 4.31. The number of nitrogens with zero attached hydrogens (tertiary/aromatic N) is 2. The van der Waals surface area contributed by atoms with Gasteiger partial charge in [-0.1, -0.05) is 54.6 Å². The molecule has 0 atom stereocenters. The zero-order chi connectivity index (χ0) is 13.8. The summed E-state index contributed by atoms with van der Waals surface area (Å²) < 4.78 is 0. The molecule has 3 aromatic carbocycles. The fourth-order valence-electron chi connectivity index (χ4n) is 2.15. The smallest absolute Gasteiger partial charge is 0.0590 e. The molecule has 0 aliphatic heterocycles. The first-order valence-corrected chi connectivity index (χ1v) is 6.64. The Morgan fingerprint density at radius 3 is 2.30 bits per heavy atom. The lowest BCUT2D eigenvalue weighted by molar-refractivity contribution is 1.02. The third-order valence-corrected chi connectivity index (χ3v) is 3.28. The van der Waals surface area contributed by atoms with E-state index in [1.807, 2.05) is 48.6 Å². The summed E-state index contributed by atoms with van der Waals surface area (Å²) in [6.07, 6.45) is 1.89. The minimum absolute atomic E-state index is 1.07. The van der Waals surface area contributed by atoms with Crippen LogP contribution in [0.4, 0.5) is 5.69 Å². The van der Waals surface area contributed by atoms with E-state index in [-0.39, 0.29) is 0 Å². The van der Waals surface area contributed by atoms with Gasteiger partial charge >= 0.3 is 0 Å². The molecule has 0 unspecified atom stereocenters. The van der Waals surface area contributed by atoms with E-state index in [0.717, 1.165) is 11.3 Å². The lowest BCUT2D eigenvalue weighted by Gasteiger charge is -2.12. The molecule has 0 spiro atoms. The van der Waals surface area contributed by atoms with Gasteiger partial charge in [-0.3, -0.25) is 5.01 Å². The Labute approximate surface area is 119 Å². The molecule has 20 heavy (non-hydrogen) atoms. The lowest BCUT2D eigenvalue weighted by atomic mass is 10.1. The third kappa shape index (κ3) is 2.69. The quantitative estimate of drug-likeness (QED) is 0.506. The fraction of sp³-hybridized carbons (Fsp3) is 0.0556. The minimum Gasteiger partial charge on any atom is -0.269 e. The molecule has 0 amide bonds. The summed E-state index contributed by atoms with van der Waals surface area (Å²) in [4.78, 5) is 0. The maximum atomic E-state index is 4.48. The average Bonchev–Trinajstić information content (AvgIpc) is 2.53. The van der Waals surface area contributed by atoms with E-state index in [1.165, 1.54) is 10.8 Å². The van der Waals surface area contributed by atoms with Crippen molar-refractivity contribution in [3.63, 3.8) is 0 Å². The molecule has 0 fully saturated rings. The topological polar surface area (TPSA) is 15.6 Å². The Balaban J connectivity index is 1.83. The van der Waals surface area contributed by atoms with E-state index in [1.54, 1.807) is 0 Å². The van der Waals surface area contributed by atoms with E-state index >= 15 is 0 Å². The summed E-state index contributed by atoms with van der Waals surface area (Å²) in [6, 6.07) is 24.8. The molecular weight excluding hydrogens is 244 g/mol. The van der Waals surface area contributed by atoms with E-state index in [9.17, 15) is 0 Å². The second-order valence-electron chi connectivity index (χ2n) is 4.71. The Bertz CT molecular complexity index is 733. The number of hydrogen-bond donors (Lipinski definition) is 0. The van der Waals surface area contributed by atoms with Crippen LogP contribution in [0.2, 0.25) is 0 Å². The van der Waals surface area contributed by atoms with E-state index in [0.29, 0.717) is 0 Å². The van der Waals surface area contributed by atoms with Gasteiger partial charge in [-0.05, 0) is 34.5 Å². The van der Waals surface area contributed by atoms with E-state index in [4.69, 9.17) is 0 Å². The van der Waals surface area contributed by atoms with Crippen molar-refractivity contribution in [1.82, 2.24) is 0 Å². The number of fused-ring (bicyclic) bond motifs is 1. The normalized spacial score (nSPS) is 11.1. The first-order valence-electron chi connectivity index (χ1n) is 6.64.